The second-order valence-corrected chi connectivity index (χ2v) is 5.62. The normalized spacial score (nSPS) is 21.1. The third-order valence-electron chi connectivity index (χ3n) is 4.26. The van der Waals surface area contributed by atoms with Gasteiger partial charge in [-0.05, 0) is 25.5 Å². The van der Waals surface area contributed by atoms with E-state index in [-0.39, 0.29) is 11.9 Å². The van der Waals surface area contributed by atoms with Gasteiger partial charge in [-0.1, -0.05) is 12.1 Å². The summed E-state index contributed by atoms with van der Waals surface area (Å²) in [7, 11) is 0. The van der Waals surface area contributed by atoms with Crippen LogP contribution in [0.15, 0.2) is 24.3 Å². The Bertz CT molecular complexity index is 500. The van der Waals surface area contributed by atoms with Crippen molar-refractivity contribution >= 4 is 11.6 Å². The second-order valence-electron chi connectivity index (χ2n) is 5.62. The summed E-state index contributed by atoms with van der Waals surface area (Å²) in [4.78, 5) is 17.1. The fraction of sp³-hybridized carbons (Fsp3) is 0.562. The molecule has 114 valence electrons. The predicted molar refractivity (Wildman–Crippen MR) is 82.8 cm³/mol. The van der Waals surface area contributed by atoms with Crippen molar-refractivity contribution in [1.82, 2.24) is 10.2 Å². The highest BCUT2D eigenvalue weighted by atomic mass is 16.5. The van der Waals surface area contributed by atoms with Crippen molar-refractivity contribution in [1.29, 1.82) is 0 Å². The Hall–Kier alpha value is -1.59. The summed E-state index contributed by atoms with van der Waals surface area (Å²) in [6, 6.07) is 7.74. The molecule has 1 saturated heterocycles. The van der Waals surface area contributed by atoms with Crippen LogP contribution in [-0.4, -0.2) is 56.2 Å². The van der Waals surface area contributed by atoms with Crippen LogP contribution in [-0.2, 0) is 4.79 Å². The van der Waals surface area contributed by atoms with E-state index in [4.69, 9.17) is 4.74 Å². The van der Waals surface area contributed by atoms with Crippen LogP contribution in [0.25, 0.3) is 0 Å². The van der Waals surface area contributed by atoms with E-state index in [0.29, 0.717) is 6.61 Å². The molecular weight excluding hydrogens is 266 g/mol. The number of carbonyl (C=O) groups excluding carboxylic acids is 1. The molecule has 1 aromatic carbocycles. The Labute approximate surface area is 125 Å². The molecule has 1 unspecified atom stereocenters. The maximum absolute atomic E-state index is 12.9. The molecule has 5 nitrogen and oxygen atoms in total. The number of rotatable bonds is 2. The molecule has 0 bridgehead atoms. The van der Waals surface area contributed by atoms with Gasteiger partial charge in [0.1, 0.15) is 5.75 Å². The minimum absolute atomic E-state index is 0.0849. The van der Waals surface area contributed by atoms with Crippen molar-refractivity contribution in [3.05, 3.63) is 24.3 Å². The largest absolute Gasteiger partial charge is 0.491 e. The predicted octanol–water partition coefficient (Wildman–Crippen LogP) is 1.10. The maximum atomic E-state index is 12.9. The minimum atomic E-state index is -0.0849. The Morgan fingerprint density at radius 3 is 2.81 bits per heavy atom. The summed E-state index contributed by atoms with van der Waals surface area (Å²) in [5, 5.41) is 3.33. The standard InChI is InChI=1S/C16H23N3O2/c1-13(18-10-7-17-8-11-18)16(20)19-9-4-12-21-15-6-3-2-5-14(15)19/h2-3,5-6,13,17H,4,7-12H2,1H3. The number of para-hydroxylation sites is 2. The molecule has 2 aliphatic heterocycles. The number of nitrogens with one attached hydrogen (secondary N) is 1. The maximum Gasteiger partial charge on any atom is 0.244 e. The summed E-state index contributed by atoms with van der Waals surface area (Å²) < 4.78 is 5.74. The molecular formula is C16H23N3O2. The molecule has 1 atom stereocenters. The fourth-order valence-corrected chi connectivity index (χ4v) is 3.01. The summed E-state index contributed by atoms with van der Waals surface area (Å²) in [5.74, 6) is 0.991. The van der Waals surface area contributed by atoms with Crippen LogP contribution in [0.2, 0.25) is 0 Å². The third kappa shape index (κ3) is 3.04. The molecule has 0 saturated carbocycles. The van der Waals surface area contributed by atoms with Gasteiger partial charge in [0.25, 0.3) is 0 Å². The molecule has 1 N–H and O–H groups in total. The Morgan fingerprint density at radius 1 is 1.24 bits per heavy atom. The second kappa shape index (κ2) is 6.45. The molecule has 0 aromatic heterocycles. The van der Waals surface area contributed by atoms with E-state index in [9.17, 15) is 4.79 Å². The monoisotopic (exact) mass is 289 g/mol. The summed E-state index contributed by atoms with van der Waals surface area (Å²) >= 11 is 0. The number of carbonyl (C=O) groups is 1. The molecule has 0 aliphatic carbocycles. The lowest BCUT2D eigenvalue weighted by molar-refractivity contribution is -0.123. The van der Waals surface area contributed by atoms with Crippen LogP contribution in [0.4, 0.5) is 5.69 Å². The zero-order valence-corrected chi connectivity index (χ0v) is 12.5. The van der Waals surface area contributed by atoms with Crippen LogP contribution in [0.5, 0.6) is 5.75 Å². The molecule has 0 spiro atoms. The molecule has 1 aromatic rings. The molecule has 1 fully saturated rings. The highest BCUT2D eigenvalue weighted by Crippen LogP contribution is 2.31. The van der Waals surface area contributed by atoms with E-state index >= 15 is 0 Å². The van der Waals surface area contributed by atoms with E-state index in [1.54, 1.807) is 0 Å². The highest BCUT2D eigenvalue weighted by molar-refractivity contribution is 5.98. The molecule has 2 heterocycles. The van der Waals surface area contributed by atoms with E-state index in [1.165, 1.54) is 0 Å². The quantitative estimate of drug-likeness (QED) is 0.885. The van der Waals surface area contributed by atoms with Crippen LogP contribution in [0.1, 0.15) is 13.3 Å². The molecule has 2 aliphatic rings. The van der Waals surface area contributed by atoms with Crippen molar-refractivity contribution in [2.24, 2.45) is 0 Å². The molecule has 3 rings (SSSR count). The summed E-state index contributed by atoms with van der Waals surface area (Å²) in [5.41, 5.74) is 0.905. The number of hydrogen-bond acceptors (Lipinski definition) is 4. The van der Waals surface area contributed by atoms with Gasteiger partial charge in [-0.15, -0.1) is 0 Å². The van der Waals surface area contributed by atoms with Crippen LogP contribution < -0.4 is 15.0 Å². The van der Waals surface area contributed by atoms with Crippen molar-refractivity contribution in [2.75, 3.05) is 44.2 Å². The zero-order valence-electron chi connectivity index (χ0n) is 12.5. The molecule has 5 heteroatoms. The fourth-order valence-electron chi connectivity index (χ4n) is 3.01. The highest BCUT2D eigenvalue weighted by Gasteiger charge is 2.29. The van der Waals surface area contributed by atoms with E-state index in [1.807, 2.05) is 36.1 Å². The number of benzene rings is 1. The van der Waals surface area contributed by atoms with Gasteiger partial charge < -0.3 is 15.0 Å². The minimum Gasteiger partial charge on any atom is -0.491 e. The van der Waals surface area contributed by atoms with Crippen LogP contribution in [0.3, 0.4) is 0 Å². The van der Waals surface area contributed by atoms with Gasteiger partial charge in [0, 0.05) is 32.7 Å². The van der Waals surface area contributed by atoms with Crippen LogP contribution >= 0.6 is 0 Å². The average molecular weight is 289 g/mol. The first-order valence-electron chi connectivity index (χ1n) is 7.75. The zero-order chi connectivity index (χ0) is 14.7. The number of ether oxygens (including phenoxy) is 1. The number of nitrogens with zero attached hydrogens (tertiary/aromatic N) is 2. The van der Waals surface area contributed by atoms with E-state index in [0.717, 1.165) is 50.6 Å². The smallest absolute Gasteiger partial charge is 0.244 e. The van der Waals surface area contributed by atoms with Gasteiger partial charge in [0.2, 0.25) is 5.91 Å². The third-order valence-corrected chi connectivity index (χ3v) is 4.26. The number of hydrogen-bond donors (Lipinski definition) is 1. The summed E-state index contributed by atoms with van der Waals surface area (Å²) in [6.45, 7) is 7.18. The summed E-state index contributed by atoms with van der Waals surface area (Å²) in [6.07, 6.45) is 0.870. The topological polar surface area (TPSA) is 44.8 Å². The Kier molecular flexibility index (Phi) is 4.41. The van der Waals surface area contributed by atoms with Gasteiger partial charge in [-0.25, -0.2) is 0 Å². The van der Waals surface area contributed by atoms with Gasteiger partial charge >= 0.3 is 0 Å². The van der Waals surface area contributed by atoms with Crippen molar-refractivity contribution in [3.8, 4) is 5.75 Å². The van der Waals surface area contributed by atoms with Gasteiger partial charge in [0.05, 0.1) is 18.3 Å². The van der Waals surface area contributed by atoms with Gasteiger partial charge in [0.15, 0.2) is 0 Å². The van der Waals surface area contributed by atoms with E-state index in [2.05, 4.69) is 10.2 Å². The van der Waals surface area contributed by atoms with Crippen LogP contribution in [0, 0.1) is 0 Å². The lowest BCUT2D eigenvalue weighted by Gasteiger charge is -2.34. The molecule has 21 heavy (non-hydrogen) atoms. The van der Waals surface area contributed by atoms with Crippen molar-refractivity contribution in [2.45, 2.75) is 19.4 Å². The first-order chi connectivity index (χ1) is 10.3. The van der Waals surface area contributed by atoms with E-state index < -0.39 is 0 Å². The average Bonchev–Trinajstić information content (AvgIpc) is 2.77. The number of amides is 1. The number of fused-ring (bicyclic) bond motifs is 1. The SMILES string of the molecule is CC(C(=O)N1CCCOc2ccccc21)N1CCNCC1. The first-order valence-corrected chi connectivity index (χ1v) is 7.75. The van der Waals surface area contributed by atoms with Gasteiger partial charge in [-0.2, -0.15) is 0 Å². The lowest BCUT2D eigenvalue weighted by Crippen LogP contribution is -2.53. The molecule has 1 amide bonds. The van der Waals surface area contributed by atoms with Gasteiger partial charge in [-0.3, -0.25) is 9.69 Å². The first kappa shape index (κ1) is 14.4. The Morgan fingerprint density at radius 2 is 2.00 bits per heavy atom. The van der Waals surface area contributed by atoms with Crippen molar-refractivity contribution < 1.29 is 9.53 Å². The number of anilines is 1. The van der Waals surface area contributed by atoms with Crippen molar-refractivity contribution in [3.63, 3.8) is 0 Å². The molecule has 0 radical (unpaired) electrons. The lowest BCUT2D eigenvalue weighted by atomic mass is 10.1. The Balaban J connectivity index is 1.80. The number of piperazine rings is 1.